The standard InChI is InChI=1S/C28H35N3O2/c1-4-23-27(22-17-20-13-9-10-14-21(20)18-26(22)33-3)29-24(5-2)28(30-23)31-25(15-16-32)19-11-7-6-8-12-19/h6-8,11-12,17-18,25,32H,4-5,9-10,13-16H2,1-3H3,(H,30,31). The van der Waals surface area contributed by atoms with Crippen LogP contribution in [-0.4, -0.2) is 28.8 Å². The molecule has 0 amide bonds. The van der Waals surface area contributed by atoms with Gasteiger partial charge in [0.2, 0.25) is 0 Å². The number of aryl methyl sites for hydroxylation is 4. The van der Waals surface area contributed by atoms with Crippen LogP contribution in [0, 0.1) is 0 Å². The maximum Gasteiger partial charge on any atom is 0.148 e. The quantitative estimate of drug-likeness (QED) is 0.443. The number of anilines is 1. The summed E-state index contributed by atoms with van der Waals surface area (Å²) in [5.74, 6) is 1.68. The Morgan fingerprint density at radius 2 is 1.67 bits per heavy atom. The van der Waals surface area contributed by atoms with E-state index in [0.717, 1.165) is 65.5 Å². The lowest BCUT2D eigenvalue weighted by molar-refractivity contribution is 0.280. The van der Waals surface area contributed by atoms with Gasteiger partial charge in [-0.05, 0) is 73.8 Å². The summed E-state index contributed by atoms with van der Waals surface area (Å²) in [7, 11) is 1.74. The normalized spacial score (nSPS) is 13.9. The molecule has 5 nitrogen and oxygen atoms in total. The second kappa shape index (κ2) is 10.8. The number of hydrogen-bond acceptors (Lipinski definition) is 5. The van der Waals surface area contributed by atoms with Gasteiger partial charge in [-0.3, -0.25) is 0 Å². The Bertz CT molecular complexity index is 1080. The molecule has 0 bridgehead atoms. The molecule has 3 aromatic rings. The highest BCUT2D eigenvalue weighted by Gasteiger charge is 2.21. The molecule has 2 N–H and O–H groups in total. The highest BCUT2D eigenvalue weighted by Crippen LogP contribution is 2.37. The fourth-order valence-electron chi connectivity index (χ4n) is 4.75. The number of ether oxygens (including phenoxy) is 1. The van der Waals surface area contributed by atoms with Crippen molar-refractivity contribution in [1.82, 2.24) is 9.97 Å². The maximum absolute atomic E-state index is 9.66. The zero-order valence-electron chi connectivity index (χ0n) is 20.0. The molecule has 174 valence electrons. The summed E-state index contributed by atoms with van der Waals surface area (Å²) >= 11 is 0. The molecular weight excluding hydrogens is 410 g/mol. The Morgan fingerprint density at radius 1 is 0.970 bits per heavy atom. The highest BCUT2D eigenvalue weighted by atomic mass is 16.5. The molecule has 1 heterocycles. The van der Waals surface area contributed by atoms with Gasteiger partial charge in [0.1, 0.15) is 11.6 Å². The van der Waals surface area contributed by atoms with Crippen molar-refractivity contribution in [2.45, 2.75) is 64.8 Å². The number of aliphatic hydroxyl groups is 1. The van der Waals surface area contributed by atoms with Crippen LogP contribution in [0.2, 0.25) is 0 Å². The molecule has 33 heavy (non-hydrogen) atoms. The van der Waals surface area contributed by atoms with Gasteiger partial charge < -0.3 is 15.2 Å². The van der Waals surface area contributed by atoms with E-state index in [4.69, 9.17) is 14.7 Å². The lowest BCUT2D eigenvalue weighted by Crippen LogP contribution is -2.17. The molecule has 2 aromatic carbocycles. The third-order valence-corrected chi connectivity index (χ3v) is 6.56. The first-order valence-corrected chi connectivity index (χ1v) is 12.2. The summed E-state index contributed by atoms with van der Waals surface area (Å²) in [5, 5.41) is 13.2. The van der Waals surface area contributed by atoms with Crippen molar-refractivity contribution in [3.63, 3.8) is 0 Å². The van der Waals surface area contributed by atoms with Gasteiger partial charge in [0.25, 0.3) is 0 Å². The van der Waals surface area contributed by atoms with Crippen LogP contribution < -0.4 is 10.1 Å². The maximum atomic E-state index is 9.66. The van der Waals surface area contributed by atoms with E-state index < -0.39 is 0 Å². The van der Waals surface area contributed by atoms with Crippen LogP contribution in [0.25, 0.3) is 11.3 Å². The van der Waals surface area contributed by atoms with Crippen LogP contribution in [-0.2, 0) is 25.7 Å². The van der Waals surface area contributed by atoms with Crippen LogP contribution in [0.1, 0.15) is 67.2 Å². The van der Waals surface area contributed by atoms with E-state index in [1.807, 2.05) is 18.2 Å². The summed E-state index contributed by atoms with van der Waals surface area (Å²) in [6.45, 7) is 4.33. The molecule has 4 rings (SSSR count). The van der Waals surface area contributed by atoms with Crippen LogP contribution >= 0.6 is 0 Å². The predicted molar refractivity (Wildman–Crippen MR) is 134 cm³/mol. The van der Waals surface area contributed by atoms with Gasteiger partial charge in [0.05, 0.1) is 30.2 Å². The van der Waals surface area contributed by atoms with Crippen molar-refractivity contribution in [1.29, 1.82) is 0 Å². The second-order valence-corrected chi connectivity index (χ2v) is 8.67. The summed E-state index contributed by atoms with van der Waals surface area (Å²) in [6.07, 6.45) is 6.86. The van der Waals surface area contributed by atoms with Crippen LogP contribution in [0.15, 0.2) is 42.5 Å². The summed E-state index contributed by atoms with van der Waals surface area (Å²) in [4.78, 5) is 10.2. The van der Waals surface area contributed by atoms with E-state index in [-0.39, 0.29) is 12.6 Å². The Labute approximate surface area is 197 Å². The molecule has 1 unspecified atom stereocenters. The van der Waals surface area contributed by atoms with Gasteiger partial charge in [0, 0.05) is 12.2 Å². The average Bonchev–Trinajstić information content (AvgIpc) is 2.87. The highest BCUT2D eigenvalue weighted by molar-refractivity contribution is 5.72. The third-order valence-electron chi connectivity index (χ3n) is 6.56. The van der Waals surface area contributed by atoms with Gasteiger partial charge in [-0.1, -0.05) is 44.2 Å². The average molecular weight is 446 g/mol. The largest absolute Gasteiger partial charge is 0.496 e. The van der Waals surface area contributed by atoms with E-state index in [0.29, 0.717) is 6.42 Å². The molecule has 1 aromatic heterocycles. The van der Waals surface area contributed by atoms with E-state index in [9.17, 15) is 5.11 Å². The Hall–Kier alpha value is -2.92. The first-order chi connectivity index (χ1) is 16.2. The Morgan fingerprint density at radius 3 is 2.30 bits per heavy atom. The summed E-state index contributed by atoms with van der Waals surface area (Å²) in [5.41, 5.74) is 7.79. The van der Waals surface area contributed by atoms with Crippen molar-refractivity contribution in [3.8, 4) is 17.0 Å². The number of aliphatic hydroxyl groups excluding tert-OH is 1. The molecule has 1 aliphatic carbocycles. The molecule has 0 saturated heterocycles. The molecule has 0 fully saturated rings. The molecule has 0 spiro atoms. The number of hydrogen-bond donors (Lipinski definition) is 2. The predicted octanol–water partition coefficient (Wildman–Crippen LogP) is 5.69. The molecular formula is C28H35N3O2. The van der Waals surface area contributed by atoms with Crippen LogP contribution in [0.3, 0.4) is 0 Å². The van der Waals surface area contributed by atoms with Crippen molar-refractivity contribution >= 4 is 5.82 Å². The van der Waals surface area contributed by atoms with Gasteiger partial charge in [-0.2, -0.15) is 0 Å². The summed E-state index contributed by atoms with van der Waals surface area (Å²) in [6, 6.07) is 14.7. The lowest BCUT2D eigenvalue weighted by atomic mass is 9.89. The van der Waals surface area contributed by atoms with Crippen LogP contribution in [0.4, 0.5) is 5.82 Å². The van der Waals surface area contributed by atoms with Gasteiger partial charge in [-0.15, -0.1) is 0 Å². The monoisotopic (exact) mass is 445 g/mol. The van der Waals surface area contributed by atoms with Gasteiger partial charge in [0.15, 0.2) is 0 Å². The minimum atomic E-state index is -0.0235. The fourth-order valence-corrected chi connectivity index (χ4v) is 4.75. The minimum Gasteiger partial charge on any atom is -0.496 e. The van der Waals surface area contributed by atoms with E-state index >= 15 is 0 Å². The SMILES string of the molecule is CCc1nc(-c2cc3c(cc2OC)CCCC3)c(CC)nc1NC(CCO)c1ccccc1. The number of nitrogens with zero attached hydrogens (tertiary/aromatic N) is 2. The first kappa shape index (κ1) is 23.2. The van der Waals surface area contributed by atoms with E-state index in [1.165, 1.54) is 24.0 Å². The van der Waals surface area contributed by atoms with Crippen LogP contribution in [0.5, 0.6) is 5.75 Å². The third kappa shape index (κ3) is 5.03. The number of benzene rings is 2. The van der Waals surface area contributed by atoms with Crippen molar-refractivity contribution in [2.75, 3.05) is 19.0 Å². The lowest BCUT2D eigenvalue weighted by Gasteiger charge is -2.23. The van der Waals surface area contributed by atoms with Crippen molar-refractivity contribution in [3.05, 3.63) is 70.5 Å². The molecule has 1 aliphatic rings. The molecule has 0 saturated carbocycles. The number of aromatic nitrogens is 2. The minimum absolute atomic E-state index is 0.0235. The topological polar surface area (TPSA) is 67.3 Å². The van der Waals surface area contributed by atoms with Gasteiger partial charge in [-0.25, -0.2) is 9.97 Å². The van der Waals surface area contributed by atoms with Crippen molar-refractivity contribution in [2.24, 2.45) is 0 Å². The second-order valence-electron chi connectivity index (χ2n) is 8.67. The summed E-state index contributed by atoms with van der Waals surface area (Å²) < 4.78 is 5.81. The fraction of sp³-hybridized carbons (Fsp3) is 0.429. The molecule has 5 heteroatoms. The molecule has 0 aliphatic heterocycles. The Balaban J connectivity index is 1.77. The Kier molecular flexibility index (Phi) is 7.61. The van der Waals surface area contributed by atoms with Gasteiger partial charge >= 0.3 is 0 Å². The zero-order chi connectivity index (χ0) is 23.2. The van der Waals surface area contributed by atoms with Crippen molar-refractivity contribution < 1.29 is 9.84 Å². The number of methoxy groups -OCH3 is 1. The molecule has 1 atom stereocenters. The van der Waals surface area contributed by atoms with E-state index in [1.54, 1.807) is 7.11 Å². The smallest absolute Gasteiger partial charge is 0.148 e. The molecule has 0 radical (unpaired) electrons. The number of rotatable bonds is 9. The van der Waals surface area contributed by atoms with E-state index in [2.05, 4.69) is 43.4 Å². The zero-order valence-corrected chi connectivity index (χ0v) is 20.0. The first-order valence-electron chi connectivity index (χ1n) is 12.2. The number of nitrogens with one attached hydrogen (secondary N) is 1. The number of fused-ring (bicyclic) bond motifs is 1.